The molecule has 0 saturated heterocycles. The van der Waals surface area contributed by atoms with E-state index in [2.05, 4.69) is 44.3 Å². The fourth-order valence-corrected chi connectivity index (χ4v) is 2.03. The van der Waals surface area contributed by atoms with E-state index in [0.29, 0.717) is 12.0 Å². The SMILES string of the molecule is CC1CCc2cc(C(C)C)ccc2N1. The van der Waals surface area contributed by atoms with Gasteiger partial charge in [0.15, 0.2) is 0 Å². The lowest BCUT2D eigenvalue weighted by Gasteiger charge is -2.25. The summed E-state index contributed by atoms with van der Waals surface area (Å²) in [4.78, 5) is 0. The van der Waals surface area contributed by atoms with Crippen LogP contribution < -0.4 is 5.32 Å². The van der Waals surface area contributed by atoms with Crippen LogP contribution in [0.4, 0.5) is 5.69 Å². The van der Waals surface area contributed by atoms with E-state index >= 15 is 0 Å². The van der Waals surface area contributed by atoms with Gasteiger partial charge in [0, 0.05) is 11.7 Å². The van der Waals surface area contributed by atoms with Crippen molar-refractivity contribution in [3.8, 4) is 0 Å². The zero-order valence-electron chi connectivity index (χ0n) is 9.30. The van der Waals surface area contributed by atoms with E-state index in [1.807, 2.05) is 0 Å². The number of hydrogen-bond acceptors (Lipinski definition) is 1. The number of benzene rings is 1. The Balaban J connectivity index is 2.31. The van der Waals surface area contributed by atoms with Crippen molar-refractivity contribution in [3.63, 3.8) is 0 Å². The van der Waals surface area contributed by atoms with Crippen LogP contribution >= 0.6 is 0 Å². The summed E-state index contributed by atoms with van der Waals surface area (Å²) in [5, 5.41) is 3.53. The Morgan fingerprint density at radius 1 is 1.36 bits per heavy atom. The first-order chi connectivity index (χ1) is 6.66. The molecule has 1 heterocycles. The van der Waals surface area contributed by atoms with Gasteiger partial charge in [0.2, 0.25) is 0 Å². The monoisotopic (exact) mass is 189 g/mol. The first kappa shape index (κ1) is 9.57. The molecule has 0 radical (unpaired) electrons. The summed E-state index contributed by atoms with van der Waals surface area (Å²) in [5.41, 5.74) is 4.29. The normalized spacial score (nSPS) is 20.4. The van der Waals surface area contributed by atoms with Crippen LogP contribution in [0, 0.1) is 0 Å². The van der Waals surface area contributed by atoms with E-state index in [-0.39, 0.29) is 0 Å². The maximum atomic E-state index is 3.53. The molecule has 1 aromatic carbocycles. The number of nitrogens with one attached hydrogen (secondary N) is 1. The average molecular weight is 189 g/mol. The van der Waals surface area contributed by atoms with Crippen LogP contribution in [0.3, 0.4) is 0 Å². The van der Waals surface area contributed by atoms with Crippen molar-refractivity contribution in [1.29, 1.82) is 0 Å². The highest BCUT2D eigenvalue weighted by Crippen LogP contribution is 2.27. The summed E-state index contributed by atoms with van der Waals surface area (Å²) >= 11 is 0. The minimum atomic E-state index is 0.632. The summed E-state index contributed by atoms with van der Waals surface area (Å²) in [6, 6.07) is 7.47. The van der Waals surface area contributed by atoms with E-state index < -0.39 is 0 Å². The maximum absolute atomic E-state index is 3.53. The molecule has 0 aliphatic carbocycles. The van der Waals surface area contributed by atoms with Gasteiger partial charge in [-0.1, -0.05) is 26.0 Å². The predicted molar refractivity (Wildman–Crippen MR) is 61.9 cm³/mol. The second-order valence-electron chi connectivity index (χ2n) is 4.66. The fourth-order valence-electron chi connectivity index (χ4n) is 2.03. The predicted octanol–water partition coefficient (Wildman–Crippen LogP) is 3.56. The van der Waals surface area contributed by atoms with Crippen LogP contribution in [-0.4, -0.2) is 6.04 Å². The summed E-state index contributed by atoms with van der Waals surface area (Å²) in [6.07, 6.45) is 2.48. The van der Waals surface area contributed by atoms with Gasteiger partial charge < -0.3 is 5.32 Å². The highest BCUT2D eigenvalue weighted by Gasteiger charge is 2.14. The molecule has 2 rings (SSSR count). The van der Waals surface area contributed by atoms with Gasteiger partial charge in [0.05, 0.1) is 0 Å². The van der Waals surface area contributed by atoms with Gasteiger partial charge in [-0.25, -0.2) is 0 Å². The molecule has 1 N–H and O–H groups in total. The van der Waals surface area contributed by atoms with Crippen LogP contribution in [-0.2, 0) is 6.42 Å². The minimum Gasteiger partial charge on any atom is -0.382 e. The smallest absolute Gasteiger partial charge is 0.0374 e. The lowest BCUT2D eigenvalue weighted by Crippen LogP contribution is -2.21. The Morgan fingerprint density at radius 2 is 2.14 bits per heavy atom. The third-order valence-electron chi connectivity index (χ3n) is 3.04. The van der Waals surface area contributed by atoms with E-state index in [0.717, 1.165) is 0 Å². The summed E-state index contributed by atoms with van der Waals surface area (Å²) in [5.74, 6) is 0.639. The quantitative estimate of drug-likeness (QED) is 0.712. The molecule has 1 heteroatoms. The van der Waals surface area contributed by atoms with Gasteiger partial charge in [0.25, 0.3) is 0 Å². The van der Waals surface area contributed by atoms with Crippen molar-refractivity contribution in [2.24, 2.45) is 0 Å². The summed E-state index contributed by atoms with van der Waals surface area (Å²) in [6.45, 7) is 6.75. The summed E-state index contributed by atoms with van der Waals surface area (Å²) < 4.78 is 0. The lowest BCUT2D eigenvalue weighted by molar-refractivity contribution is 0.679. The van der Waals surface area contributed by atoms with E-state index in [9.17, 15) is 0 Å². The molecule has 1 aliphatic rings. The van der Waals surface area contributed by atoms with Gasteiger partial charge >= 0.3 is 0 Å². The zero-order valence-corrected chi connectivity index (χ0v) is 9.30. The lowest BCUT2D eigenvalue weighted by atomic mass is 9.94. The molecule has 0 amide bonds. The maximum Gasteiger partial charge on any atom is 0.0374 e. The highest BCUT2D eigenvalue weighted by atomic mass is 14.9. The molecule has 0 spiro atoms. The van der Waals surface area contributed by atoms with Crippen molar-refractivity contribution >= 4 is 5.69 Å². The Hall–Kier alpha value is -0.980. The highest BCUT2D eigenvalue weighted by molar-refractivity contribution is 5.55. The minimum absolute atomic E-state index is 0.632. The van der Waals surface area contributed by atoms with Crippen LogP contribution in [0.15, 0.2) is 18.2 Å². The second kappa shape index (κ2) is 3.64. The summed E-state index contributed by atoms with van der Waals surface area (Å²) in [7, 11) is 0. The Labute approximate surface area is 86.5 Å². The molecule has 76 valence electrons. The van der Waals surface area contributed by atoms with Crippen molar-refractivity contribution in [3.05, 3.63) is 29.3 Å². The first-order valence-electron chi connectivity index (χ1n) is 5.56. The Bertz CT molecular complexity index is 328. The topological polar surface area (TPSA) is 12.0 Å². The average Bonchev–Trinajstić information content (AvgIpc) is 2.16. The molecule has 0 aromatic heterocycles. The van der Waals surface area contributed by atoms with Crippen LogP contribution in [0.1, 0.15) is 44.2 Å². The molecule has 0 saturated carbocycles. The zero-order chi connectivity index (χ0) is 10.1. The number of fused-ring (bicyclic) bond motifs is 1. The van der Waals surface area contributed by atoms with Crippen molar-refractivity contribution in [2.45, 2.75) is 45.6 Å². The van der Waals surface area contributed by atoms with E-state index in [1.54, 1.807) is 0 Å². The van der Waals surface area contributed by atoms with Crippen LogP contribution in [0.25, 0.3) is 0 Å². The van der Waals surface area contributed by atoms with Gasteiger partial charge in [-0.05, 0) is 42.9 Å². The molecule has 1 aliphatic heterocycles. The van der Waals surface area contributed by atoms with Gasteiger partial charge in [-0.3, -0.25) is 0 Å². The van der Waals surface area contributed by atoms with Gasteiger partial charge in [-0.15, -0.1) is 0 Å². The second-order valence-corrected chi connectivity index (χ2v) is 4.66. The molecule has 0 bridgehead atoms. The fraction of sp³-hybridized carbons (Fsp3) is 0.538. The molecular formula is C13H19N. The standard InChI is InChI=1S/C13H19N/c1-9(2)11-6-7-13-12(8-11)5-4-10(3)14-13/h6-10,14H,4-5H2,1-3H3. The van der Waals surface area contributed by atoms with Crippen molar-refractivity contribution < 1.29 is 0 Å². The molecule has 1 unspecified atom stereocenters. The molecular weight excluding hydrogens is 170 g/mol. The Morgan fingerprint density at radius 3 is 2.86 bits per heavy atom. The van der Waals surface area contributed by atoms with Gasteiger partial charge in [0.1, 0.15) is 0 Å². The van der Waals surface area contributed by atoms with Crippen molar-refractivity contribution in [2.75, 3.05) is 5.32 Å². The van der Waals surface area contributed by atoms with Crippen LogP contribution in [0.2, 0.25) is 0 Å². The van der Waals surface area contributed by atoms with Crippen LogP contribution in [0.5, 0.6) is 0 Å². The number of anilines is 1. The Kier molecular flexibility index (Phi) is 2.49. The molecule has 1 nitrogen and oxygen atoms in total. The number of hydrogen-bond donors (Lipinski definition) is 1. The third-order valence-corrected chi connectivity index (χ3v) is 3.04. The van der Waals surface area contributed by atoms with Gasteiger partial charge in [-0.2, -0.15) is 0 Å². The van der Waals surface area contributed by atoms with Crippen molar-refractivity contribution in [1.82, 2.24) is 0 Å². The number of aryl methyl sites for hydroxylation is 1. The number of rotatable bonds is 1. The molecule has 0 fully saturated rings. The largest absolute Gasteiger partial charge is 0.382 e. The third kappa shape index (κ3) is 1.77. The molecule has 1 atom stereocenters. The van der Waals surface area contributed by atoms with E-state index in [1.165, 1.54) is 29.7 Å². The first-order valence-corrected chi connectivity index (χ1v) is 5.56. The molecule has 1 aromatic rings. The van der Waals surface area contributed by atoms with E-state index in [4.69, 9.17) is 0 Å². The molecule has 14 heavy (non-hydrogen) atoms.